The van der Waals surface area contributed by atoms with Crippen molar-refractivity contribution in [2.24, 2.45) is 7.05 Å². The first kappa shape index (κ1) is 10.7. The van der Waals surface area contributed by atoms with Crippen molar-refractivity contribution in [3.8, 4) is 5.88 Å². The monoisotopic (exact) mass is 223 g/mol. The summed E-state index contributed by atoms with van der Waals surface area (Å²) in [7, 11) is 3.29. The molecule has 0 amide bonds. The number of hydrogen-bond donors (Lipinski definition) is 1. The third-order valence-electron chi connectivity index (χ3n) is 2.28. The van der Waals surface area contributed by atoms with E-state index in [2.05, 4.69) is 9.97 Å². The van der Waals surface area contributed by atoms with Crippen LogP contribution in [0, 0.1) is 0 Å². The van der Waals surface area contributed by atoms with Crippen LogP contribution in [0.1, 0.15) is 0 Å². The van der Waals surface area contributed by atoms with Crippen molar-refractivity contribution in [1.29, 1.82) is 0 Å². The molecule has 0 atom stereocenters. The number of pyridine rings is 1. The number of ether oxygens (including phenoxy) is 2. The van der Waals surface area contributed by atoms with Crippen LogP contribution >= 0.6 is 0 Å². The van der Waals surface area contributed by atoms with Gasteiger partial charge in [-0.1, -0.05) is 0 Å². The van der Waals surface area contributed by atoms with Crippen LogP contribution in [-0.2, 0) is 11.8 Å². The molecular formula is C10H13N3O3. The maximum atomic E-state index is 11.3. The number of aromatic nitrogens is 3. The van der Waals surface area contributed by atoms with Gasteiger partial charge in [0.1, 0.15) is 6.61 Å². The van der Waals surface area contributed by atoms with E-state index in [-0.39, 0.29) is 5.69 Å². The Bertz CT molecular complexity index is 544. The first-order chi connectivity index (χ1) is 7.72. The number of methoxy groups -OCH3 is 1. The highest BCUT2D eigenvalue weighted by atomic mass is 16.5. The van der Waals surface area contributed by atoms with Crippen molar-refractivity contribution in [2.75, 3.05) is 20.3 Å². The molecule has 0 saturated heterocycles. The quantitative estimate of drug-likeness (QED) is 0.756. The average molecular weight is 223 g/mol. The summed E-state index contributed by atoms with van der Waals surface area (Å²) < 4.78 is 11.7. The maximum Gasteiger partial charge on any atom is 0.327 e. The Balaban J connectivity index is 2.27. The van der Waals surface area contributed by atoms with Crippen LogP contribution in [0.4, 0.5) is 0 Å². The zero-order valence-electron chi connectivity index (χ0n) is 9.19. The van der Waals surface area contributed by atoms with Crippen LogP contribution in [-0.4, -0.2) is 34.9 Å². The molecule has 2 aromatic rings. The number of fused-ring (bicyclic) bond motifs is 1. The van der Waals surface area contributed by atoms with Crippen LogP contribution in [0.5, 0.6) is 5.88 Å². The van der Waals surface area contributed by atoms with E-state index in [1.165, 1.54) is 4.57 Å². The second-order valence-corrected chi connectivity index (χ2v) is 3.35. The lowest BCUT2D eigenvalue weighted by atomic mass is 10.4. The fourth-order valence-corrected chi connectivity index (χ4v) is 1.40. The van der Waals surface area contributed by atoms with E-state index in [9.17, 15) is 4.79 Å². The van der Waals surface area contributed by atoms with Gasteiger partial charge in [0.15, 0.2) is 5.65 Å². The molecule has 0 aliphatic carbocycles. The van der Waals surface area contributed by atoms with Crippen LogP contribution in [0.25, 0.3) is 11.2 Å². The number of nitrogens with one attached hydrogen (secondary N) is 1. The predicted octanol–water partition coefficient (Wildman–Crippen LogP) is 0.287. The lowest BCUT2D eigenvalue weighted by Crippen LogP contribution is -2.11. The number of H-pyrrole nitrogens is 1. The average Bonchev–Trinajstić information content (AvgIpc) is 2.55. The molecule has 0 fully saturated rings. The van der Waals surface area contributed by atoms with Crippen LogP contribution in [0.3, 0.4) is 0 Å². The highest BCUT2D eigenvalue weighted by molar-refractivity contribution is 5.71. The number of nitrogens with zero attached hydrogens (tertiary/aromatic N) is 2. The van der Waals surface area contributed by atoms with Crippen molar-refractivity contribution >= 4 is 11.2 Å². The molecule has 0 radical (unpaired) electrons. The normalized spacial score (nSPS) is 10.9. The van der Waals surface area contributed by atoms with Crippen molar-refractivity contribution in [1.82, 2.24) is 14.5 Å². The van der Waals surface area contributed by atoms with E-state index in [1.807, 2.05) is 0 Å². The minimum Gasteiger partial charge on any atom is -0.475 e. The van der Waals surface area contributed by atoms with E-state index in [0.717, 1.165) is 5.52 Å². The fraction of sp³-hybridized carbons (Fsp3) is 0.400. The Labute approximate surface area is 91.8 Å². The summed E-state index contributed by atoms with van der Waals surface area (Å²) in [6.07, 6.45) is 0. The number of rotatable bonds is 4. The molecule has 0 unspecified atom stereocenters. The molecule has 0 aliphatic rings. The second-order valence-electron chi connectivity index (χ2n) is 3.35. The van der Waals surface area contributed by atoms with Gasteiger partial charge in [-0.2, -0.15) is 4.98 Å². The molecule has 1 N–H and O–H groups in total. The fourth-order valence-electron chi connectivity index (χ4n) is 1.40. The Morgan fingerprint density at radius 1 is 1.44 bits per heavy atom. The van der Waals surface area contributed by atoms with Crippen molar-refractivity contribution in [3.63, 3.8) is 0 Å². The molecule has 0 aromatic carbocycles. The summed E-state index contributed by atoms with van der Waals surface area (Å²) in [6.45, 7) is 0.942. The zero-order chi connectivity index (χ0) is 11.5. The Hall–Kier alpha value is -1.82. The number of hydrogen-bond acceptors (Lipinski definition) is 4. The Kier molecular flexibility index (Phi) is 2.91. The van der Waals surface area contributed by atoms with Gasteiger partial charge in [-0.25, -0.2) is 4.79 Å². The van der Waals surface area contributed by atoms with Gasteiger partial charge in [0.05, 0.1) is 12.1 Å². The SMILES string of the molecule is COCCOc1ccc2c(n1)[nH]c(=O)n2C. The molecule has 2 rings (SSSR count). The molecular weight excluding hydrogens is 210 g/mol. The Morgan fingerprint density at radius 2 is 2.25 bits per heavy atom. The van der Waals surface area contributed by atoms with Crippen LogP contribution in [0.2, 0.25) is 0 Å². The second kappa shape index (κ2) is 4.36. The zero-order valence-corrected chi connectivity index (χ0v) is 9.19. The highest BCUT2D eigenvalue weighted by Crippen LogP contribution is 2.12. The summed E-state index contributed by atoms with van der Waals surface area (Å²) in [5.74, 6) is 0.478. The molecule has 16 heavy (non-hydrogen) atoms. The first-order valence-electron chi connectivity index (χ1n) is 4.90. The summed E-state index contributed by atoms with van der Waals surface area (Å²) in [5, 5.41) is 0. The van der Waals surface area contributed by atoms with Crippen LogP contribution < -0.4 is 10.4 Å². The molecule has 0 aliphatic heterocycles. The molecule has 2 heterocycles. The highest BCUT2D eigenvalue weighted by Gasteiger charge is 2.05. The van der Waals surface area contributed by atoms with E-state index in [4.69, 9.17) is 9.47 Å². The molecule has 2 aromatic heterocycles. The molecule has 0 bridgehead atoms. The maximum absolute atomic E-state index is 11.3. The summed E-state index contributed by atoms with van der Waals surface area (Å²) in [6, 6.07) is 3.52. The van der Waals surface area contributed by atoms with Crippen molar-refractivity contribution in [3.05, 3.63) is 22.6 Å². The van der Waals surface area contributed by atoms with Gasteiger partial charge in [-0.05, 0) is 6.07 Å². The minimum atomic E-state index is -0.184. The van der Waals surface area contributed by atoms with Gasteiger partial charge in [-0.15, -0.1) is 0 Å². The third kappa shape index (κ3) is 1.92. The first-order valence-corrected chi connectivity index (χ1v) is 4.90. The largest absolute Gasteiger partial charge is 0.475 e. The van der Waals surface area contributed by atoms with Gasteiger partial charge < -0.3 is 9.47 Å². The summed E-state index contributed by atoms with van der Waals surface area (Å²) in [5.41, 5.74) is 1.10. The lowest BCUT2D eigenvalue weighted by molar-refractivity contribution is 0.144. The van der Waals surface area contributed by atoms with Gasteiger partial charge in [0.25, 0.3) is 0 Å². The standard InChI is InChI=1S/C10H13N3O3/c1-13-7-3-4-8(16-6-5-15-2)11-9(7)12-10(13)14/h3-4H,5-6H2,1-2H3,(H,11,12,14). The Morgan fingerprint density at radius 3 is 3.00 bits per heavy atom. The van der Waals surface area contributed by atoms with Gasteiger partial charge >= 0.3 is 5.69 Å². The topological polar surface area (TPSA) is 69.1 Å². The number of aryl methyl sites for hydroxylation is 1. The van der Waals surface area contributed by atoms with E-state index >= 15 is 0 Å². The van der Waals surface area contributed by atoms with E-state index in [1.54, 1.807) is 26.3 Å². The lowest BCUT2D eigenvalue weighted by Gasteiger charge is -2.03. The van der Waals surface area contributed by atoms with Gasteiger partial charge in [0, 0.05) is 20.2 Å². The summed E-state index contributed by atoms with van der Waals surface area (Å²) in [4.78, 5) is 18.1. The van der Waals surface area contributed by atoms with Gasteiger partial charge in [-0.3, -0.25) is 9.55 Å². The minimum absolute atomic E-state index is 0.184. The number of aromatic amines is 1. The van der Waals surface area contributed by atoms with Crippen molar-refractivity contribution in [2.45, 2.75) is 0 Å². The van der Waals surface area contributed by atoms with Gasteiger partial charge in [0.2, 0.25) is 5.88 Å². The smallest absolute Gasteiger partial charge is 0.327 e. The third-order valence-corrected chi connectivity index (χ3v) is 2.28. The molecule has 6 nitrogen and oxygen atoms in total. The molecule has 0 saturated carbocycles. The molecule has 0 spiro atoms. The molecule has 86 valence electrons. The van der Waals surface area contributed by atoms with Crippen LogP contribution in [0.15, 0.2) is 16.9 Å². The van der Waals surface area contributed by atoms with E-state index < -0.39 is 0 Å². The molecule has 6 heteroatoms. The van der Waals surface area contributed by atoms with E-state index in [0.29, 0.717) is 24.7 Å². The van der Waals surface area contributed by atoms with Crippen molar-refractivity contribution < 1.29 is 9.47 Å². The summed E-state index contributed by atoms with van der Waals surface area (Å²) >= 11 is 0. The predicted molar refractivity (Wildman–Crippen MR) is 58.7 cm³/mol. The number of imidazole rings is 1.